The van der Waals surface area contributed by atoms with Gasteiger partial charge in [-0.2, -0.15) is 0 Å². The summed E-state index contributed by atoms with van der Waals surface area (Å²) in [7, 11) is 1.39. The average Bonchev–Trinajstić information content (AvgIpc) is 2.31. The number of ether oxygens (including phenoxy) is 2. The Hall–Kier alpha value is -1.51. The quantitative estimate of drug-likeness (QED) is 0.752. The molecular formula is C15H22O3. The predicted molar refractivity (Wildman–Crippen MR) is 71.8 cm³/mol. The highest BCUT2D eigenvalue weighted by molar-refractivity contribution is 5.75. The lowest BCUT2D eigenvalue weighted by Gasteiger charge is -2.20. The van der Waals surface area contributed by atoms with Gasteiger partial charge < -0.3 is 9.47 Å². The van der Waals surface area contributed by atoms with Gasteiger partial charge in [0.05, 0.1) is 7.11 Å². The molecule has 0 aliphatic carbocycles. The number of benzene rings is 1. The minimum atomic E-state index is -0.532. The molecule has 100 valence electrons. The highest BCUT2D eigenvalue weighted by Crippen LogP contribution is 2.22. The zero-order valence-electron chi connectivity index (χ0n) is 11.8. The van der Waals surface area contributed by atoms with Crippen LogP contribution in [0.4, 0.5) is 0 Å². The van der Waals surface area contributed by atoms with Crippen LogP contribution in [0.3, 0.4) is 0 Å². The molecule has 0 fully saturated rings. The first-order chi connectivity index (χ1) is 8.43. The van der Waals surface area contributed by atoms with Crippen molar-refractivity contribution in [1.29, 1.82) is 0 Å². The van der Waals surface area contributed by atoms with Crippen molar-refractivity contribution in [3.8, 4) is 5.75 Å². The lowest BCUT2D eigenvalue weighted by Crippen LogP contribution is -2.30. The maximum absolute atomic E-state index is 11.7. The van der Waals surface area contributed by atoms with E-state index in [0.717, 1.165) is 16.9 Å². The van der Waals surface area contributed by atoms with Crippen molar-refractivity contribution >= 4 is 5.97 Å². The van der Waals surface area contributed by atoms with Crippen LogP contribution in [0.1, 0.15) is 31.4 Å². The van der Waals surface area contributed by atoms with E-state index < -0.39 is 6.10 Å². The fourth-order valence-electron chi connectivity index (χ4n) is 1.74. The SMILES string of the molecule is COC(=O)[C@@H](CC(C)C)Oc1cc(C)ccc1C. The van der Waals surface area contributed by atoms with Crippen LogP contribution < -0.4 is 4.74 Å². The van der Waals surface area contributed by atoms with Crippen LogP contribution in [0.15, 0.2) is 18.2 Å². The summed E-state index contributed by atoms with van der Waals surface area (Å²) in [5, 5.41) is 0. The number of hydrogen-bond acceptors (Lipinski definition) is 3. The number of hydrogen-bond donors (Lipinski definition) is 0. The summed E-state index contributed by atoms with van der Waals surface area (Å²) in [4.78, 5) is 11.7. The molecule has 18 heavy (non-hydrogen) atoms. The molecule has 1 rings (SSSR count). The van der Waals surface area contributed by atoms with Crippen LogP contribution in [0.5, 0.6) is 5.75 Å². The molecule has 0 heterocycles. The molecule has 0 aliphatic rings. The smallest absolute Gasteiger partial charge is 0.347 e. The van der Waals surface area contributed by atoms with Crippen LogP contribution in [-0.2, 0) is 9.53 Å². The van der Waals surface area contributed by atoms with Crippen molar-refractivity contribution in [2.75, 3.05) is 7.11 Å². The van der Waals surface area contributed by atoms with E-state index >= 15 is 0 Å². The number of rotatable bonds is 5. The Morgan fingerprint density at radius 2 is 1.94 bits per heavy atom. The Morgan fingerprint density at radius 1 is 1.28 bits per heavy atom. The fourth-order valence-corrected chi connectivity index (χ4v) is 1.74. The molecule has 0 radical (unpaired) electrons. The van der Waals surface area contributed by atoms with Crippen molar-refractivity contribution < 1.29 is 14.3 Å². The Balaban J connectivity index is 2.88. The lowest BCUT2D eigenvalue weighted by molar-refractivity contribution is -0.149. The molecule has 0 bridgehead atoms. The van der Waals surface area contributed by atoms with E-state index in [4.69, 9.17) is 9.47 Å². The van der Waals surface area contributed by atoms with E-state index in [9.17, 15) is 4.79 Å². The fraction of sp³-hybridized carbons (Fsp3) is 0.533. The van der Waals surface area contributed by atoms with Gasteiger partial charge in [0, 0.05) is 0 Å². The highest BCUT2D eigenvalue weighted by Gasteiger charge is 2.23. The number of carbonyl (C=O) groups is 1. The van der Waals surface area contributed by atoms with Gasteiger partial charge in [-0.15, -0.1) is 0 Å². The van der Waals surface area contributed by atoms with E-state index in [1.54, 1.807) is 0 Å². The normalized spacial score (nSPS) is 12.3. The number of carbonyl (C=O) groups excluding carboxylic acids is 1. The minimum Gasteiger partial charge on any atom is -0.478 e. The molecule has 0 aromatic heterocycles. The molecule has 0 saturated carbocycles. The second kappa shape index (κ2) is 6.43. The van der Waals surface area contributed by atoms with Gasteiger partial charge in [-0.25, -0.2) is 4.79 Å². The van der Waals surface area contributed by atoms with Crippen LogP contribution in [0.2, 0.25) is 0 Å². The Kier molecular flexibility index (Phi) is 5.20. The van der Waals surface area contributed by atoms with Gasteiger partial charge in [0.1, 0.15) is 5.75 Å². The van der Waals surface area contributed by atoms with Crippen LogP contribution in [-0.4, -0.2) is 19.2 Å². The van der Waals surface area contributed by atoms with E-state index in [1.807, 2.05) is 32.0 Å². The first-order valence-electron chi connectivity index (χ1n) is 6.25. The number of methoxy groups -OCH3 is 1. The largest absolute Gasteiger partial charge is 0.478 e. The van der Waals surface area contributed by atoms with E-state index in [2.05, 4.69) is 13.8 Å². The van der Waals surface area contributed by atoms with E-state index in [0.29, 0.717) is 12.3 Å². The minimum absolute atomic E-state index is 0.315. The Bertz CT molecular complexity index is 410. The molecule has 0 spiro atoms. The Morgan fingerprint density at radius 3 is 2.50 bits per heavy atom. The lowest BCUT2D eigenvalue weighted by atomic mass is 10.1. The monoisotopic (exact) mass is 250 g/mol. The molecule has 3 nitrogen and oxygen atoms in total. The number of esters is 1. The maximum atomic E-state index is 11.7. The van der Waals surface area contributed by atoms with Crippen molar-refractivity contribution in [2.24, 2.45) is 5.92 Å². The highest BCUT2D eigenvalue weighted by atomic mass is 16.6. The van der Waals surface area contributed by atoms with Gasteiger partial charge in [0.25, 0.3) is 0 Å². The van der Waals surface area contributed by atoms with Gasteiger partial charge in [0.2, 0.25) is 0 Å². The van der Waals surface area contributed by atoms with Gasteiger partial charge >= 0.3 is 5.97 Å². The standard InChI is InChI=1S/C15H22O3/c1-10(2)8-14(15(16)17-5)18-13-9-11(3)6-7-12(13)4/h6-7,9-10,14H,8H2,1-5H3/t14-/m1/s1. The van der Waals surface area contributed by atoms with Crippen molar-refractivity contribution in [2.45, 2.75) is 40.2 Å². The van der Waals surface area contributed by atoms with Gasteiger partial charge in [-0.3, -0.25) is 0 Å². The summed E-state index contributed by atoms with van der Waals surface area (Å²) >= 11 is 0. The second-order valence-corrected chi connectivity index (χ2v) is 5.03. The molecule has 0 unspecified atom stereocenters. The summed E-state index contributed by atoms with van der Waals surface area (Å²) in [6.45, 7) is 8.09. The average molecular weight is 250 g/mol. The molecule has 0 amide bonds. The number of aryl methyl sites for hydroxylation is 2. The van der Waals surface area contributed by atoms with Crippen LogP contribution in [0, 0.1) is 19.8 Å². The molecule has 1 aromatic carbocycles. The molecular weight excluding hydrogens is 228 g/mol. The summed E-state index contributed by atoms with van der Waals surface area (Å²) in [5.41, 5.74) is 2.14. The first kappa shape index (κ1) is 14.6. The van der Waals surface area contributed by atoms with Gasteiger partial charge in [0.15, 0.2) is 6.10 Å². The zero-order valence-corrected chi connectivity index (χ0v) is 11.8. The zero-order chi connectivity index (χ0) is 13.7. The van der Waals surface area contributed by atoms with Crippen LogP contribution >= 0.6 is 0 Å². The van der Waals surface area contributed by atoms with Crippen LogP contribution in [0.25, 0.3) is 0 Å². The molecule has 0 N–H and O–H groups in total. The summed E-state index contributed by atoms with van der Waals surface area (Å²) in [6.07, 6.45) is 0.121. The third-order valence-electron chi connectivity index (χ3n) is 2.76. The molecule has 0 aliphatic heterocycles. The molecule has 0 saturated heterocycles. The van der Waals surface area contributed by atoms with E-state index in [-0.39, 0.29) is 5.97 Å². The van der Waals surface area contributed by atoms with Crippen molar-refractivity contribution in [3.05, 3.63) is 29.3 Å². The second-order valence-electron chi connectivity index (χ2n) is 5.03. The van der Waals surface area contributed by atoms with Crippen molar-refractivity contribution in [1.82, 2.24) is 0 Å². The molecule has 1 atom stereocenters. The first-order valence-corrected chi connectivity index (χ1v) is 6.25. The van der Waals surface area contributed by atoms with Gasteiger partial charge in [-0.05, 0) is 43.4 Å². The summed E-state index contributed by atoms with van der Waals surface area (Å²) in [5.74, 6) is 0.815. The third kappa shape index (κ3) is 4.06. The maximum Gasteiger partial charge on any atom is 0.347 e. The van der Waals surface area contributed by atoms with Gasteiger partial charge in [-0.1, -0.05) is 26.0 Å². The topological polar surface area (TPSA) is 35.5 Å². The van der Waals surface area contributed by atoms with E-state index in [1.165, 1.54) is 7.11 Å². The molecule has 1 aromatic rings. The summed E-state index contributed by atoms with van der Waals surface area (Å²) in [6, 6.07) is 5.97. The van der Waals surface area contributed by atoms with Crippen molar-refractivity contribution in [3.63, 3.8) is 0 Å². The Labute approximate surface area is 109 Å². The summed E-state index contributed by atoms with van der Waals surface area (Å²) < 4.78 is 10.6. The molecule has 3 heteroatoms. The third-order valence-corrected chi connectivity index (χ3v) is 2.76. The predicted octanol–water partition coefficient (Wildman–Crippen LogP) is 3.27.